The first-order valence-electron chi connectivity index (χ1n) is 7.81. The summed E-state index contributed by atoms with van der Waals surface area (Å²) in [7, 11) is 1.70. The molecule has 0 aliphatic carbocycles. The highest BCUT2D eigenvalue weighted by Crippen LogP contribution is 2.34. The fourth-order valence-corrected chi connectivity index (χ4v) is 2.87. The number of fused-ring (bicyclic) bond motifs is 3. The molecule has 3 heterocycles. The van der Waals surface area contributed by atoms with E-state index >= 15 is 0 Å². The predicted octanol–water partition coefficient (Wildman–Crippen LogP) is 2.43. The molecule has 10 heteroatoms. The van der Waals surface area contributed by atoms with E-state index in [1.165, 1.54) is 22.8 Å². The van der Waals surface area contributed by atoms with Crippen LogP contribution in [0.2, 0.25) is 5.02 Å². The number of nitrogens with one attached hydrogen (secondary N) is 3. The quantitative estimate of drug-likeness (QED) is 0.604. The van der Waals surface area contributed by atoms with Gasteiger partial charge in [-0.1, -0.05) is 11.6 Å². The fraction of sp³-hybridized carbons (Fsp3) is 0.188. The standard InChI is InChI=1S/C16H14ClFN6O2/c1-19-12-6-11-22-14-9(17)2-3-10(13(14)18)26-5-4-20-16(25)8-7-21-24(12)15(8)23-11/h2-3,6-7,19H,4-5H2,1H3,(H,20,25)(H,22,23). The topological polar surface area (TPSA) is 92.6 Å². The van der Waals surface area contributed by atoms with Crippen LogP contribution < -0.4 is 20.7 Å². The first-order valence-corrected chi connectivity index (χ1v) is 8.19. The molecule has 0 atom stereocenters. The molecule has 8 nitrogen and oxygen atoms in total. The van der Waals surface area contributed by atoms with Gasteiger partial charge in [-0.15, -0.1) is 0 Å². The van der Waals surface area contributed by atoms with Crippen molar-refractivity contribution in [2.24, 2.45) is 0 Å². The predicted molar refractivity (Wildman–Crippen MR) is 95.1 cm³/mol. The van der Waals surface area contributed by atoms with Gasteiger partial charge in [-0.25, -0.2) is 9.37 Å². The Morgan fingerprint density at radius 3 is 3.08 bits per heavy atom. The molecule has 0 fully saturated rings. The van der Waals surface area contributed by atoms with Crippen molar-refractivity contribution in [2.45, 2.75) is 0 Å². The number of amides is 1. The Morgan fingerprint density at radius 1 is 1.42 bits per heavy atom. The van der Waals surface area contributed by atoms with Gasteiger partial charge >= 0.3 is 0 Å². The van der Waals surface area contributed by atoms with Crippen LogP contribution in [0.4, 0.5) is 21.7 Å². The lowest BCUT2D eigenvalue weighted by Gasteiger charge is -2.14. The lowest BCUT2D eigenvalue weighted by Crippen LogP contribution is -2.28. The molecule has 0 spiro atoms. The normalized spacial score (nSPS) is 13.9. The summed E-state index contributed by atoms with van der Waals surface area (Å²) in [6.45, 7) is 0.292. The van der Waals surface area contributed by atoms with Gasteiger partial charge in [0.2, 0.25) is 0 Å². The lowest BCUT2D eigenvalue weighted by molar-refractivity contribution is 0.0948. The maximum Gasteiger partial charge on any atom is 0.256 e. The van der Waals surface area contributed by atoms with E-state index in [4.69, 9.17) is 16.3 Å². The van der Waals surface area contributed by atoms with Crippen LogP contribution in [0.5, 0.6) is 5.75 Å². The van der Waals surface area contributed by atoms with E-state index in [-0.39, 0.29) is 35.5 Å². The summed E-state index contributed by atoms with van der Waals surface area (Å²) < 4.78 is 21.7. The third-order valence-electron chi connectivity index (χ3n) is 3.93. The van der Waals surface area contributed by atoms with Crippen molar-refractivity contribution < 1.29 is 13.9 Å². The van der Waals surface area contributed by atoms with Crippen LogP contribution in [0.15, 0.2) is 24.4 Å². The molecule has 0 saturated heterocycles. The minimum atomic E-state index is -0.635. The number of anilines is 3. The van der Waals surface area contributed by atoms with Gasteiger partial charge in [0.25, 0.3) is 5.91 Å². The number of benzene rings is 1. The Kier molecular flexibility index (Phi) is 4.00. The van der Waals surface area contributed by atoms with Crippen LogP contribution >= 0.6 is 11.6 Å². The van der Waals surface area contributed by atoms with Crippen molar-refractivity contribution in [3.63, 3.8) is 0 Å². The third kappa shape index (κ3) is 2.66. The molecule has 134 valence electrons. The molecule has 3 aromatic rings. The highest BCUT2D eigenvalue weighted by Gasteiger charge is 2.20. The SMILES string of the molecule is CNc1cc2nc3c(cnn13)C(=O)NCCOc1ccc(Cl)c(c1F)N2. The van der Waals surface area contributed by atoms with Crippen molar-refractivity contribution >= 4 is 40.5 Å². The number of hydrogen-bond acceptors (Lipinski definition) is 6. The van der Waals surface area contributed by atoms with Gasteiger partial charge in [0.05, 0.1) is 23.5 Å². The van der Waals surface area contributed by atoms with E-state index < -0.39 is 5.82 Å². The number of aromatic nitrogens is 3. The zero-order valence-electron chi connectivity index (χ0n) is 13.6. The first-order chi connectivity index (χ1) is 12.6. The van der Waals surface area contributed by atoms with Gasteiger partial charge in [-0.05, 0) is 12.1 Å². The molecular formula is C16H14ClFN6O2. The fourth-order valence-electron chi connectivity index (χ4n) is 2.67. The zero-order valence-corrected chi connectivity index (χ0v) is 14.4. The maximum absolute atomic E-state index is 14.8. The molecule has 1 aliphatic rings. The number of nitrogens with zero attached hydrogens (tertiary/aromatic N) is 3. The van der Waals surface area contributed by atoms with Crippen LogP contribution in [0.3, 0.4) is 0 Å². The zero-order chi connectivity index (χ0) is 18.3. The summed E-state index contributed by atoms with van der Waals surface area (Å²) >= 11 is 6.14. The van der Waals surface area contributed by atoms with Crippen LogP contribution in [-0.4, -0.2) is 40.7 Å². The molecule has 1 aromatic carbocycles. The second kappa shape index (κ2) is 6.34. The van der Waals surface area contributed by atoms with Gasteiger partial charge in [-0.2, -0.15) is 9.61 Å². The van der Waals surface area contributed by atoms with E-state index in [2.05, 4.69) is 26.0 Å². The summed E-state index contributed by atoms with van der Waals surface area (Å²) in [5.41, 5.74) is 0.662. The van der Waals surface area contributed by atoms with Crippen molar-refractivity contribution in [1.82, 2.24) is 19.9 Å². The number of hydrogen-bond donors (Lipinski definition) is 3. The molecule has 1 amide bonds. The Labute approximate surface area is 152 Å². The smallest absolute Gasteiger partial charge is 0.256 e. The molecule has 1 aliphatic heterocycles. The summed E-state index contributed by atoms with van der Waals surface area (Å²) in [5.74, 6) is -0.0866. The molecule has 26 heavy (non-hydrogen) atoms. The van der Waals surface area contributed by atoms with Gasteiger partial charge in [0.1, 0.15) is 23.8 Å². The molecular weight excluding hydrogens is 363 g/mol. The monoisotopic (exact) mass is 376 g/mol. The van der Waals surface area contributed by atoms with Crippen molar-refractivity contribution in [2.75, 3.05) is 30.8 Å². The van der Waals surface area contributed by atoms with Crippen LogP contribution in [0.25, 0.3) is 5.65 Å². The molecule has 2 aromatic heterocycles. The molecule has 0 saturated carbocycles. The number of carbonyl (C=O) groups is 1. The Bertz CT molecular complexity index is 1020. The minimum Gasteiger partial charge on any atom is -0.489 e. The Hall–Kier alpha value is -3.07. The van der Waals surface area contributed by atoms with Crippen molar-refractivity contribution in [1.29, 1.82) is 0 Å². The number of halogens is 2. The van der Waals surface area contributed by atoms with Crippen LogP contribution in [-0.2, 0) is 0 Å². The molecule has 3 N–H and O–H groups in total. The molecule has 4 rings (SSSR count). The van der Waals surface area contributed by atoms with E-state index in [1.807, 2.05) is 0 Å². The number of ether oxygens (including phenoxy) is 1. The maximum atomic E-state index is 14.8. The Balaban J connectivity index is 1.93. The van der Waals surface area contributed by atoms with Gasteiger partial charge in [0, 0.05) is 13.1 Å². The minimum absolute atomic E-state index is 0.0308. The van der Waals surface area contributed by atoms with Crippen LogP contribution in [0.1, 0.15) is 10.4 Å². The van der Waals surface area contributed by atoms with Crippen molar-refractivity contribution in [3.05, 3.63) is 40.8 Å². The third-order valence-corrected chi connectivity index (χ3v) is 4.24. The average molecular weight is 377 g/mol. The summed E-state index contributed by atoms with van der Waals surface area (Å²) in [6.07, 6.45) is 1.43. The summed E-state index contributed by atoms with van der Waals surface area (Å²) in [6, 6.07) is 4.60. The number of carbonyl (C=O) groups excluding carboxylic acids is 1. The van der Waals surface area contributed by atoms with E-state index in [1.54, 1.807) is 13.1 Å². The van der Waals surface area contributed by atoms with E-state index in [9.17, 15) is 9.18 Å². The van der Waals surface area contributed by atoms with Crippen molar-refractivity contribution in [3.8, 4) is 5.75 Å². The summed E-state index contributed by atoms with van der Waals surface area (Å²) in [4.78, 5) is 16.8. The van der Waals surface area contributed by atoms with Gasteiger partial charge in [0.15, 0.2) is 17.2 Å². The molecule has 0 unspecified atom stereocenters. The lowest BCUT2D eigenvalue weighted by atomic mass is 10.2. The van der Waals surface area contributed by atoms with Crippen LogP contribution in [0, 0.1) is 5.82 Å². The number of rotatable bonds is 1. The summed E-state index contributed by atoms with van der Waals surface area (Å²) in [5, 5.41) is 12.9. The van der Waals surface area contributed by atoms with E-state index in [0.29, 0.717) is 22.8 Å². The van der Waals surface area contributed by atoms with E-state index in [0.717, 1.165) is 0 Å². The highest BCUT2D eigenvalue weighted by atomic mass is 35.5. The van der Waals surface area contributed by atoms with Gasteiger partial charge in [-0.3, -0.25) is 4.79 Å². The second-order valence-electron chi connectivity index (χ2n) is 5.53. The highest BCUT2D eigenvalue weighted by molar-refractivity contribution is 6.33. The van der Waals surface area contributed by atoms with Gasteiger partial charge < -0.3 is 20.7 Å². The largest absolute Gasteiger partial charge is 0.489 e. The molecule has 4 bridgehead atoms. The Morgan fingerprint density at radius 2 is 2.27 bits per heavy atom. The average Bonchev–Trinajstić information content (AvgIpc) is 3.06. The molecule has 0 radical (unpaired) electrons. The first kappa shape index (κ1) is 16.4. The second-order valence-corrected chi connectivity index (χ2v) is 5.94.